The van der Waals surface area contributed by atoms with Crippen LogP contribution in [0, 0.1) is 165 Å². The van der Waals surface area contributed by atoms with Gasteiger partial charge >= 0.3 is 0 Å². The van der Waals surface area contributed by atoms with Crippen LogP contribution in [0.5, 0.6) is 0 Å². The van der Waals surface area contributed by atoms with E-state index < -0.39 is 5.92 Å². The molecule has 0 aromatic rings. The molecule has 25 fully saturated rings. The molecule has 0 heterocycles. The van der Waals surface area contributed by atoms with Crippen LogP contribution in [0.2, 0.25) is 0 Å². The van der Waals surface area contributed by atoms with Crippen LogP contribution in [0.25, 0.3) is 0 Å². The van der Waals surface area contributed by atoms with E-state index in [2.05, 4.69) is 145 Å². The van der Waals surface area contributed by atoms with Gasteiger partial charge in [0.15, 0.2) is 0 Å². The fourth-order valence-corrected chi connectivity index (χ4v) is 36.3. The Kier molecular flexibility index (Phi) is 22.0. The van der Waals surface area contributed by atoms with Gasteiger partial charge in [-0.05, 0) is 397 Å². The van der Waals surface area contributed by atoms with Crippen LogP contribution in [0.1, 0.15) is 421 Å². The first-order chi connectivity index (χ1) is 47.6. The Labute approximate surface area is 647 Å². The number of hydrogen-bond donors (Lipinski definition) is 0. The predicted octanol–water partition coefficient (Wildman–Crippen LogP) is 31.0. The Morgan fingerprint density at radius 3 is 1.32 bits per heavy atom. The molecule has 103 heavy (non-hydrogen) atoms. The summed E-state index contributed by atoms with van der Waals surface area (Å²) in [4.78, 5) is 0.428. The van der Waals surface area contributed by atoms with E-state index in [0.717, 1.165) is 125 Å². The molecule has 25 rings (SSSR count). The lowest BCUT2D eigenvalue weighted by Gasteiger charge is -2.67. The maximum Gasteiger partial charge on any atom is 0.253 e. The van der Waals surface area contributed by atoms with Crippen LogP contribution < -0.4 is 0 Å². The van der Waals surface area contributed by atoms with E-state index in [4.69, 9.17) is 27.9 Å². The summed E-state index contributed by atoms with van der Waals surface area (Å²) in [7, 11) is 1.95. The van der Waals surface area contributed by atoms with Gasteiger partial charge in [0.05, 0.1) is 5.60 Å². The zero-order valence-electron chi connectivity index (χ0n) is 72.1. The molecule has 0 aromatic heterocycles. The number of rotatable bonds is 10. The molecule has 0 saturated heterocycles. The quantitative estimate of drug-likeness (QED) is 0.156. The molecule has 22 bridgehead atoms. The Bertz CT molecular complexity index is 2850. The van der Waals surface area contributed by atoms with Crippen molar-refractivity contribution in [2.75, 3.05) is 7.11 Å². The number of fused-ring (bicyclic) bond motifs is 4. The van der Waals surface area contributed by atoms with Crippen LogP contribution in [-0.4, -0.2) is 28.4 Å². The molecule has 0 N–H and O–H groups in total. The Balaban J connectivity index is 0.000000107. The second-order valence-electron chi connectivity index (χ2n) is 49.8. The van der Waals surface area contributed by atoms with Gasteiger partial charge in [-0.2, -0.15) is 0 Å². The summed E-state index contributed by atoms with van der Waals surface area (Å²) < 4.78 is 34.5. The molecule has 0 spiro atoms. The first kappa shape index (κ1) is 81.4. The van der Waals surface area contributed by atoms with E-state index in [0.29, 0.717) is 37.9 Å². The standard InChI is InChI=1S/C17H32.C15H24F2.C15H26O.C15H26.2C13H21Cl.C10H18/c1-5-6-7-8-16-9-12-17(13-10-16,14-11-16)15(2,3)4;1-12(2,3)14-7-10-5-13(4,9-14)6-11(8-14)15(10,16)17;1-11(2)14-6-12-5-13(3,8-14)9-15(7-12,10-14)16-4;1-11(2)15-7-12-5-13(3,9-15)8-14(4,6-12)10-15;1-9(2)12-4-10-3-11(5-12)7-13(14,6-10)8-12;1-8(2)12-11-4-9-3-10(5-11)7-13(12,14)6-9;1-8(2)10-6-4-3-5-9(10)7-10/h5-14H2,1-4H3;10-11H,5-9H2,1-4H3;11-12H,5-10H2,1-4H3;11-12H,5-10H2,1-4H3;9-11H,3-8H2,1-2H3;8-12H,3-7H2,1-2H3;8-9H,3-7H2,1-2H3. The SMILES string of the molecule is CC(C)C12CC3CC(C)(CC(C)(C3)C1)C2.CC(C)C12CC3CC(CC(Cl)(C3)C1)C2.CC(C)C12CCCCC1C2.CC(C)C1C2CC3CC(C2)CC1(Cl)C3.CC12CC3CC(C(C)(C)C)(CC(C1)C3(F)F)C2.CCCCCC12CCC(C(C)(C)C)(CC1)CC2.COC12CC3CC(C)(C1)CC(C(C)C)(C3)C2. The normalized spacial score (nSPS) is 51.2. The van der Waals surface area contributed by atoms with Crippen molar-refractivity contribution in [3.63, 3.8) is 0 Å². The predicted molar refractivity (Wildman–Crippen MR) is 437 cm³/mol. The average Bonchev–Trinajstić information content (AvgIpc) is 1.27. The first-order valence-corrected chi connectivity index (χ1v) is 46.7. The molecular formula is C98H168Cl2F2O. The minimum atomic E-state index is -2.38. The zero-order valence-corrected chi connectivity index (χ0v) is 73.6. The molecule has 15 atom stereocenters. The molecule has 0 radical (unpaired) electrons. The highest BCUT2D eigenvalue weighted by Crippen LogP contribution is 2.76. The molecule has 25 aliphatic carbocycles. The summed E-state index contributed by atoms with van der Waals surface area (Å²) in [5.41, 5.74) is 7.59. The van der Waals surface area contributed by atoms with Gasteiger partial charge in [0.1, 0.15) is 0 Å². The fourth-order valence-electron chi connectivity index (χ4n) is 34.7. The number of alkyl halides is 4. The topological polar surface area (TPSA) is 9.23 Å². The average molecular weight is 1470 g/mol. The van der Waals surface area contributed by atoms with Gasteiger partial charge in [-0.25, -0.2) is 8.78 Å². The minimum absolute atomic E-state index is 0.169. The molecule has 1 nitrogen and oxygen atoms in total. The summed E-state index contributed by atoms with van der Waals surface area (Å²) in [6, 6.07) is 0. The smallest absolute Gasteiger partial charge is 0.253 e. The molecule has 0 aliphatic heterocycles. The van der Waals surface area contributed by atoms with Gasteiger partial charge in [-0.3, -0.25) is 0 Å². The number of halogens is 4. The molecule has 25 saturated carbocycles. The van der Waals surface area contributed by atoms with Crippen molar-refractivity contribution in [3.8, 4) is 0 Å². The summed E-state index contributed by atoms with van der Waals surface area (Å²) in [5.74, 6) is 10.1. The number of ether oxygens (including phenoxy) is 1. The molecule has 594 valence electrons. The zero-order chi connectivity index (χ0) is 74.9. The highest BCUT2D eigenvalue weighted by Gasteiger charge is 2.70. The van der Waals surface area contributed by atoms with E-state index in [1.54, 1.807) is 12.8 Å². The van der Waals surface area contributed by atoms with Crippen LogP contribution in [0.3, 0.4) is 0 Å². The van der Waals surface area contributed by atoms with Crippen molar-refractivity contribution in [3.05, 3.63) is 0 Å². The van der Waals surface area contributed by atoms with Crippen LogP contribution in [0.15, 0.2) is 0 Å². The summed E-state index contributed by atoms with van der Waals surface area (Å²) in [6.07, 6.45) is 60.0. The summed E-state index contributed by atoms with van der Waals surface area (Å²) in [5, 5.41) is 0. The highest BCUT2D eigenvalue weighted by molar-refractivity contribution is 6.24. The third-order valence-electron chi connectivity index (χ3n) is 38.5. The number of hydrogen-bond acceptors (Lipinski definition) is 1. The van der Waals surface area contributed by atoms with E-state index in [1.165, 1.54) is 238 Å². The Morgan fingerprint density at radius 1 is 0.417 bits per heavy atom. The lowest BCUT2D eigenvalue weighted by molar-refractivity contribution is -0.267. The van der Waals surface area contributed by atoms with E-state index in [9.17, 15) is 8.78 Å². The van der Waals surface area contributed by atoms with E-state index in [-0.39, 0.29) is 43.4 Å². The van der Waals surface area contributed by atoms with Crippen molar-refractivity contribution in [2.24, 2.45) is 165 Å². The summed E-state index contributed by atoms with van der Waals surface area (Å²) >= 11 is 13.7. The molecular weight excluding hydrogens is 1300 g/mol. The lowest BCUT2D eigenvalue weighted by atomic mass is 9.38. The summed E-state index contributed by atoms with van der Waals surface area (Å²) in [6.45, 7) is 50.6. The molecule has 15 unspecified atom stereocenters. The largest absolute Gasteiger partial charge is 0.378 e. The molecule has 5 heteroatoms. The van der Waals surface area contributed by atoms with E-state index >= 15 is 0 Å². The molecule has 0 amide bonds. The highest BCUT2D eigenvalue weighted by atomic mass is 35.5. The Hall–Kier alpha value is 0.400. The number of unbranched alkanes of at least 4 members (excludes halogenated alkanes) is 2. The maximum atomic E-state index is 14.2. The van der Waals surface area contributed by atoms with Crippen LogP contribution in [-0.2, 0) is 4.74 Å². The van der Waals surface area contributed by atoms with E-state index in [1.807, 2.05) is 7.11 Å². The molecule has 0 aromatic carbocycles. The lowest BCUT2D eigenvalue weighted by Crippen LogP contribution is -2.63. The van der Waals surface area contributed by atoms with Crippen molar-refractivity contribution in [1.82, 2.24) is 0 Å². The third-order valence-corrected chi connectivity index (χ3v) is 39.5. The second kappa shape index (κ2) is 27.9. The van der Waals surface area contributed by atoms with Gasteiger partial charge in [0.25, 0.3) is 5.92 Å². The van der Waals surface area contributed by atoms with Crippen molar-refractivity contribution >= 4 is 23.2 Å². The van der Waals surface area contributed by atoms with Crippen molar-refractivity contribution < 1.29 is 13.5 Å². The van der Waals surface area contributed by atoms with Gasteiger partial charge in [0.2, 0.25) is 0 Å². The second-order valence-corrected chi connectivity index (χ2v) is 51.4. The first-order valence-electron chi connectivity index (χ1n) is 45.9. The number of methoxy groups -OCH3 is 1. The van der Waals surface area contributed by atoms with Crippen molar-refractivity contribution in [1.29, 1.82) is 0 Å². The van der Waals surface area contributed by atoms with Crippen LogP contribution >= 0.6 is 23.2 Å². The Morgan fingerprint density at radius 2 is 0.903 bits per heavy atom. The fraction of sp³-hybridized carbons (Fsp3) is 1.00. The monoisotopic (exact) mass is 1470 g/mol. The van der Waals surface area contributed by atoms with Gasteiger partial charge in [0, 0.05) is 28.7 Å². The van der Waals surface area contributed by atoms with Gasteiger partial charge in [-0.15, -0.1) is 23.2 Å². The van der Waals surface area contributed by atoms with Crippen LogP contribution in [0.4, 0.5) is 8.78 Å². The maximum absolute atomic E-state index is 14.2. The third kappa shape index (κ3) is 15.3. The van der Waals surface area contributed by atoms with Crippen molar-refractivity contribution in [2.45, 2.75) is 443 Å². The molecule has 25 aliphatic rings. The van der Waals surface area contributed by atoms with Gasteiger partial charge < -0.3 is 4.74 Å². The minimum Gasteiger partial charge on any atom is -0.378 e. The van der Waals surface area contributed by atoms with Gasteiger partial charge in [-0.1, -0.05) is 178 Å².